The van der Waals surface area contributed by atoms with Crippen LogP contribution in [0.5, 0.6) is 5.75 Å². The third-order valence-corrected chi connectivity index (χ3v) is 6.50. The zero-order valence-corrected chi connectivity index (χ0v) is 17.8. The summed E-state index contributed by atoms with van der Waals surface area (Å²) in [7, 11) is -3.64. The minimum Gasteiger partial charge on any atom is -0.490 e. The molecule has 1 aliphatic carbocycles. The summed E-state index contributed by atoms with van der Waals surface area (Å²) in [5, 5.41) is 2.78. The number of ether oxygens (including phenoxy) is 1. The van der Waals surface area contributed by atoms with Gasteiger partial charge >= 0.3 is 0 Å². The maximum Gasteiger partial charge on any atom is 0.240 e. The molecule has 0 heterocycles. The van der Waals surface area contributed by atoms with Crippen LogP contribution in [0.2, 0.25) is 0 Å². The molecule has 3 rings (SSSR count). The van der Waals surface area contributed by atoms with Gasteiger partial charge in [-0.1, -0.05) is 22.0 Å². The van der Waals surface area contributed by atoms with E-state index in [2.05, 4.69) is 26.0 Å². The number of carbonyl (C=O) groups excluding carboxylic acids is 1. The zero-order valence-electron chi connectivity index (χ0n) is 15.4. The zero-order chi connectivity index (χ0) is 20.0. The third-order valence-electron chi connectivity index (χ3n) is 4.49. The number of carbonyl (C=O) groups is 1. The van der Waals surface area contributed by atoms with Crippen molar-refractivity contribution in [2.24, 2.45) is 0 Å². The van der Waals surface area contributed by atoms with Gasteiger partial charge in [-0.3, -0.25) is 4.79 Å². The highest BCUT2D eigenvalue weighted by atomic mass is 79.9. The van der Waals surface area contributed by atoms with Gasteiger partial charge in [0.2, 0.25) is 15.9 Å². The van der Waals surface area contributed by atoms with E-state index >= 15 is 0 Å². The number of hydrogen-bond acceptors (Lipinski definition) is 4. The smallest absolute Gasteiger partial charge is 0.240 e. The Balaban J connectivity index is 1.48. The van der Waals surface area contributed by atoms with E-state index in [-0.39, 0.29) is 29.9 Å². The first-order chi connectivity index (χ1) is 13.4. The Morgan fingerprint density at radius 3 is 2.54 bits per heavy atom. The molecule has 0 aromatic heterocycles. The van der Waals surface area contributed by atoms with Crippen molar-refractivity contribution in [3.05, 3.63) is 53.0 Å². The lowest BCUT2D eigenvalue weighted by Gasteiger charge is -2.14. The van der Waals surface area contributed by atoms with Crippen molar-refractivity contribution in [3.63, 3.8) is 0 Å². The molecule has 6 nitrogen and oxygen atoms in total. The standard InChI is InChI=1S/C20H23BrN2O4S/c21-15-8-10-19(11-9-15)28(25,26)22-13-12-20(24)23-16-4-3-7-18(14-16)27-17-5-1-2-6-17/h3-4,7-11,14,17,22H,1-2,5-6,12-13H2,(H,23,24). The van der Waals surface area contributed by atoms with Crippen LogP contribution in [-0.4, -0.2) is 27.0 Å². The quantitative estimate of drug-likeness (QED) is 0.613. The van der Waals surface area contributed by atoms with Crippen molar-refractivity contribution in [1.29, 1.82) is 0 Å². The number of sulfonamides is 1. The highest BCUT2D eigenvalue weighted by molar-refractivity contribution is 9.10. The van der Waals surface area contributed by atoms with E-state index in [9.17, 15) is 13.2 Å². The topological polar surface area (TPSA) is 84.5 Å². The Morgan fingerprint density at radius 2 is 1.82 bits per heavy atom. The molecular formula is C20H23BrN2O4S. The molecule has 1 fully saturated rings. The van der Waals surface area contributed by atoms with Crippen molar-refractivity contribution >= 4 is 37.5 Å². The fraction of sp³-hybridized carbons (Fsp3) is 0.350. The van der Waals surface area contributed by atoms with E-state index in [1.54, 1.807) is 24.3 Å². The minimum absolute atomic E-state index is 0.0164. The molecule has 0 saturated heterocycles. The summed E-state index contributed by atoms with van der Waals surface area (Å²) < 4.78 is 33.6. The van der Waals surface area contributed by atoms with Crippen LogP contribution < -0.4 is 14.8 Å². The van der Waals surface area contributed by atoms with E-state index in [1.807, 2.05) is 12.1 Å². The van der Waals surface area contributed by atoms with Crippen LogP contribution in [0.25, 0.3) is 0 Å². The molecule has 2 aromatic rings. The Labute approximate surface area is 173 Å². The lowest BCUT2D eigenvalue weighted by molar-refractivity contribution is -0.116. The van der Waals surface area contributed by atoms with Gasteiger partial charge in [-0.15, -0.1) is 0 Å². The first-order valence-electron chi connectivity index (χ1n) is 9.24. The molecule has 150 valence electrons. The summed E-state index contributed by atoms with van der Waals surface area (Å²) >= 11 is 3.27. The highest BCUT2D eigenvalue weighted by Crippen LogP contribution is 2.25. The maximum atomic E-state index is 12.2. The minimum atomic E-state index is -3.64. The van der Waals surface area contributed by atoms with Gasteiger partial charge in [0, 0.05) is 29.2 Å². The molecule has 0 atom stereocenters. The molecule has 0 spiro atoms. The molecule has 0 unspecified atom stereocenters. The first-order valence-corrected chi connectivity index (χ1v) is 11.5. The van der Waals surface area contributed by atoms with E-state index in [0.29, 0.717) is 5.69 Å². The van der Waals surface area contributed by atoms with Gasteiger partial charge in [-0.2, -0.15) is 0 Å². The lowest BCUT2D eigenvalue weighted by Crippen LogP contribution is -2.27. The van der Waals surface area contributed by atoms with Gasteiger partial charge in [0.25, 0.3) is 0 Å². The fourth-order valence-corrected chi connectivity index (χ4v) is 4.36. The Bertz CT molecular complexity index is 910. The fourth-order valence-electron chi connectivity index (χ4n) is 3.07. The van der Waals surface area contributed by atoms with Crippen molar-refractivity contribution in [1.82, 2.24) is 4.72 Å². The van der Waals surface area contributed by atoms with Gasteiger partial charge in [0.15, 0.2) is 0 Å². The van der Waals surface area contributed by atoms with E-state index in [1.165, 1.54) is 25.0 Å². The van der Waals surface area contributed by atoms with Crippen molar-refractivity contribution in [3.8, 4) is 5.75 Å². The normalized spacial score (nSPS) is 14.8. The summed E-state index contributed by atoms with van der Waals surface area (Å²) in [6.07, 6.45) is 4.79. The van der Waals surface area contributed by atoms with Crippen LogP contribution >= 0.6 is 15.9 Å². The largest absolute Gasteiger partial charge is 0.490 e. The maximum absolute atomic E-state index is 12.2. The molecule has 8 heteroatoms. The van der Waals surface area contributed by atoms with Crippen molar-refractivity contribution < 1.29 is 17.9 Å². The van der Waals surface area contributed by atoms with Crippen LogP contribution in [0.3, 0.4) is 0 Å². The van der Waals surface area contributed by atoms with Gasteiger partial charge in [0.1, 0.15) is 5.75 Å². The summed E-state index contributed by atoms with van der Waals surface area (Å²) in [4.78, 5) is 12.3. The van der Waals surface area contributed by atoms with Gasteiger partial charge in [-0.25, -0.2) is 13.1 Å². The van der Waals surface area contributed by atoms with Crippen LogP contribution in [0.4, 0.5) is 5.69 Å². The van der Waals surface area contributed by atoms with Crippen LogP contribution in [0, 0.1) is 0 Å². The summed E-state index contributed by atoms with van der Waals surface area (Å²) in [6.45, 7) is 0.0164. The average Bonchev–Trinajstić information content (AvgIpc) is 3.15. The predicted molar refractivity (Wildman–Crippen MR) is 112 cm³/mol. The van der Waals surface area contributed by atoms with E-state index in [4.69, 9.17) is 4.74 Å². The second-order valence-electron chi connectivity index (χ2n) is 6.70. The number of amides is 1. The molecule has 1 saturated carbocycles. The third kappa shape index (κ3) is 6.05. The molecule has 2 aromatic carbocycles. The number of benzene rings is 2. The van der Waals surface area contributed by atoms with Gasteiger partial charge < -0.3 is 10.1 Å². The molecule has 1 aliphatic rings. The second kappa shape index (κ2) is 9.54. The Morgan fingerprint density at radius 1 is 1.11 bits per heavy atom. The van der Waals surface area contributed by atoms with Crippen molar-refractivity contribution in [2.75, 3.05) is 11.9 Å². The predicted octanol–water partition coefficient (Wildman–Crippen LogP) is 4.08. The summed E-state index contributed by atoms with van der Waals surface area (Å²) in [5.41, 5.74) is 0.635. The molecule has 28 heavy (non-hydrogen) atoms. The number of rotatable bonds is 8. The van der Waals surface area contributed by atoms with Crippen LogP contribution in [-0.2, 0) is 14.8 Å². The SMILES string of the molecule is O=C(CCNS(=O)(=O)c1ccc(Br)cc1)Nc1cccc(OC2CCCC2)c1. The molecular weight excluding hydrogens is 444 g/mol. The number of halogens is 1. The Hall–Kier alpha value is -1.90. The molecule has 1 amide bonds. The number of anilines is 1. The second-order valence-corrected chi connectivity index (χ2v) is 9.38. The van der Waals surface area contributed by atoms with E-state index < -0.39 is 10.0 Å². The summed E-state index contributed by atoms with van der Waals surface area (Å²) in [5.74, 6) is 0.470. The molecule has 0 radical (unpaired) electrons. The molecule has 0 aliphatic heterocycles. The average molecular weight is 467 g/mol. The van der Waals surface area contributed by atoms with Gasteiger partial charge in [-0.05, 0) is 62.1 Å². The van der Waals surface area contributed by atoms with Crippen LogP contribution in [0.1, 0.15) is 32.1 Å². The lowest BCUT2D eigenvalue weighted by atomic mass is 10.2. The Kier molecular flexibility index (Phi) is 7.09. The van der Waals surface area contributed by atoms with Crippen molar-refractivity contribution in [2.45, 2.75) is 43.1 Å². The number of nitrogens with one attached hydrogen (secondary N) is 2. The van der Waals surface area contributed by atoms with Gasteiger partial charge in [0.05, 0.1) is 11.0 Å². The van der Waals surface area contributed by atoms with Crippen LogP contribution in [0.15, 0.2) is 57.9 Å². The molecule has 2 N–H and O–H groups in total. The molecule has 0 bridgehead atoms. The van der Waals surface area contributed by atoms with E-state index in [0.717, 1.165) is 23.1 Å². The number of hydrogen-bond donors (Lipinski definition) is 2. The monoisotopic (exact) mass is 466 g/mol. The first kappa shape index (κ1) is 20.8. The highest BCUT2D eigenvalue weighted by Gasteiger charge is 2.17. The summed E-state index contributed by atoms with van der Waals surface area (Å²) in [6, 6.07) is 13.6.